The Labute approximate surface area is 263 Å². The van der Waals surface area contributed by atoms with E-state index < -0.39 is 37.0 Å². The van der Waals surface area contributed by atoms with Gasteiger partial charge in [-0.3, -0.25) is 4.79 Å². The van der Waals surface area contributed by atoms with Gasteiger partial charge in [0.2, 0.25) is 11.7 Å². The molecule has 7 N–H and O–H groups in total. The monoisotopic (exact) mass is 658 g/mol. The first-order valence-corrected chi connectivity index (χ1v) is 14.4. The van der Waals surface area contributed by atoms with Crippen LogP contribution in [0.5, 0.6) is 11.6 Å². The van der Waals surface area contributed by atoms with Crippen LogP contribution in [0.25, 0.3) is 22.8 Å². The fraction of sp³-hybridized carbons (Fsp3) is 0.500. The number of carboxylic acids is 1. The largest absolute Gasteiger partial charge is 0.490 e. The number of aromatic nitrogens is 3. The van der Waals surface area contributed by atoms with Gasteiger partial charge >= 0.3 is 5.97 Å². The van der Waals surface area contributed by atoms with Crippen molar-refractivity contribution in [3.05, 3.63) is 40.5 Å². The minimum atomic E-state index is -1.55. The second-order valence-electron chi connectivity index (χ2n) is 10.3. The number of hydrogen-bond donors (Lipinski definition) is 7. The van der Waals surface area contributed by atoms with Crippen LogP contribution in [0.2, 0.25) is 10.0 Å². The molecule has 0 unspecified atom stereocenters. The molecule has 4 rings (SSSR count). The number of rotatable bonds is 13. The van der Waals surface area contributed by atoms with E-state index in [0.29, 0.717) is 51.5 Å². The molecule has 0 spiro atoms. The van der Waals surface area contributed by atoms with Crippen molar-refractivity contribution in [1.29, 1.82) is 0 Å². The van der Waals surface area contributed by atoms with Gasteiger partial charge in [0.15, 0.2) is 0 Å². The average Bonchev–Trinajstić information content (AvgIpc) is 3.44. The Kier molecular flexibility index (Phi) is 13.1. The van der Waals surface area contributed by atoms with E-state index >= 15 is 0 Å². The number of carboxylic acid groups (broad SMARTS) is 1. The van der Waals surface area contributed by atoms with Crippen LogP contribution in [0.3, 0.4) is 0 Å². The van der Waals surface area contributed by atoms with E-state index in [1.165, 1.54) is 0 Å². The van der Waals surface area contributed by atoms with Gasteiger partial charge < -0.3 is 50.0 Å². The van der Waals surface area contributed by atoms with Gasteiger partial charge in [0.1, 0.15) is 35.2 Å². The van der Waals surface area contributed by atoms with E-state index in [9.17, 15) is 9.90 Å². The summed E-state index contributed by atoms with van der Waals surface area (Å²) in [7, 11) is 1.57. The SMILES string of the molecule is CC(C)Oc1ncc(-c2nc(-c3ccc(OC4CC(C(=O)O)C4)cc3Cl)no2)cc1Cl.CNC[C@H](O)[C@@H](O)[C@H](O)[C@H](O)CO. The van der Waals surface area contributed by atoms with E-state index in [1.807, 2.05) is 13.8 Å². The third-order valence-electron chi connectivity index (χ3n) is 6.49. The lowest BCUT2D eigenvalue weighted by Gasteiger charge is -2.32. The molecule has 3 aromatic rings. The predicted molar refractivity (Wildman–Crippen MR) is 159 cm³/mol. The van der Waals surface area contributed by atoms with Crippen molar-refractivity contribution < 1.29 is 49.4 Å². The Morgan fingerprint density at radius 1 is 1.09 bits per heavy atom. The van der Waals surface area contributed by atoms with Crippen molar-refractivity contribution in [1.82, 2.24) is 20.4 Å². The summed E-state index contributed by atoms with van der Waals surface area (Å²) < 4.78 is 16.7. The first-order chi connectivity index (χ1) is 20.8. The third-order valence-corrected chi connectivity index (χ3v) is 7.08. The van der Waals surface area contributed by atoms with Crippen LogP contribution >= 0.6 is 23.2 Å². The van der Waals surface area contributed by atoms with Gasteiger partial charge in [0.05, 0.1) is 35.3 Å². The number of aliphatic hydroxyl groups is 5. The van der Waals surface area contributed by atoms with Crippen molar-refractivity contribution in [2.45, 2.75) is 63.3 Å². The van der Waals surface area contributed by atoms with Crippen molar-refractivity contribution >= 4 is 29.2 Å². The molecule has 242 valence electrons. The Hall–Kier alpha value is -3.08. The first kappa shape index (κ1) is 35.4. The molecular formula is C28H36Cl2N4O10. The molecule has 0 bridgehead atoms. The van der Waals surface area contributed by atoms with E-state index in [2.05, 4.69) is 20.4 Å². The van der Waals surface area contributed by atoms with Crippen molar-refractivity contribution in [2.24, 2.45) is 5.92 Å². The lowest BCUT2D eigenvalue weighted by Crippen LogP contribution is -2.48. The standard InChI is InChI=1S/C21H19Cl2N3O5.C7H17NO5/c1-10(2)29-20-17(23)7-12(9-24-20)19-25-18(26-31-19)15-4-3-13(8-16(15)22)30-14-5-11(6-14)21(27)28;1-8-2-4(10)6(12)7(13)5(11)3-9/h3-4,7-11,14H,5-6H2,1-2H3,(H,27,28);4-13H,2-3H2,1H3/t;4-,5+,6+,7+/m.0/s1. The second-order valence-corrected chi connectivity index (χ2v) is 11.2. The van der Waals surface area contributed by atoms with Gasteiger partial charge in [-0.15, -0.1) is 0 Å². The van der Waals surface area contributed by atoms with Crippen LogP contribution in [0.4, 0.5) is 0 Å². The summed E-state index contributed by atoms with van der Waals surface area (Å²) in [6.07, 6.45) is -3.31. The molecule has 1 aliphatic carbocycles. The maximum atomic E-state index is 10.9. The number of nitrogens with zero attached hydrogens (tertiary/aromatic N) is 3. The first-order valence-electron chi connectivity index (χ1n) is 13.7. The highest BCUT2D eigenvalue weighted by molar-refractivity contribution is 6.33. The molecule has 1 saturated carbocycles. The summed E-state index contributed by atoms with van der Waals surface area (Å²) in [5, 5.41) is 61.1. The lowest BCUT2D eigenvalue weighted by molar-refractivity contribution is -0.147. The molecular weight excluding hydrogens is 623 g/mol. The number of aliphatic hydroxyl groups excluding tert-OH is 5. The number of pyridine rings is 1. The van der Waals surface area contributed by atoms with Gasteiger partial charge in [-0.25, -0.2) is 4.98 Å². The van der Waals surface area contributed by atoms with Crippen LogP contribution in [0.15, 0.2) is 35.0 Å². The molecule has 0 amide bonds. The predicted octanol–water partition coefficient (Wildman–Crippen LogP) is 1.78. The molecule has 0 radical (unpaired) electrons. The number of nitrogens with one attached hydrogen (secondary N) is 1. The minimum Gasteiger partial charge on any atom is -0.490 e. The Bertz CT molecular complexity index is 1370. The van der Waals surface area contributed by atoms with Crippen molar-refractivity contribution in [3.8, 4) is 34.5 Å². The highest BCUT2D eigenvalue weighted by Crippen LogP contribution is 2.35. The smallest absolute Gasteiger partial charge is 0.306 e. The van der Waals surface area contributed by atoms with Crippen LogP contribution in [0.1, 0.15) is 26.7 Å². The van der Waals surface area contributed by atoms with Crippen LogP contribution < -0.4 is 14.8 Å². The summed E-state index contributed by atoms with van der Waals surface area (Å²) in [5.74, 6) is 0.306. The Morgan fingerprint density at radius 2 is 1.77 bits per heavy atom. The summed E-state index contributed by atoms with van der Waals surface area (Å²) in [6, 6.07) is 6.76. The highest BCUT2D eigenvalue weighted by Gasteiger charge is 2.36. The molecule has 0 aliphatic heterocycles. The number of likely N-dealkylation sites (N-methyl/N-ethyl adjacent to an activating group) is 1. The van der Waals surface area contributed by atoms with E-state index in [-0.39, 0.29) is 30.6 Å². The second kappa shape index (κ2) is 16.3. The van der Waals surface area contributed by atoms with Gasteiger partial charge in [-0.1, -0.05) is 28.4 Å². The van der Waals surface area contributed by atoms with Gasteiger partial charge in [0.25, 0.3) is 5.89 Å². The van der Waals surface area contributed by atoms with Crippen LogP contribution in [0, 0.1) is 5.92 Å². The summed E-state index contributed by atoms with van der Waals surface area (Å²) >= 11 is 12.6. The minimum absolute atomic E-state index is 0.0529. The zero-order valence-electron chi connectivity index (χ0n) is 24.2. The third kappa shape index (κ3) is 9.46. The fourth-order valence-corrected chi connectivity index (χ4v) is 4.47. The molecule has 16 heteroatoms. The number of carbonyl (C=O) groups is 1. The summed E-state index contributed by atoms with van der Waals surface area (Å²) in [6.45, 7) is 3.20. The topological polar surface area (TPSA) is 221 Å². The van der Waals surface area contributed by atoms with E-state index in [4.69, 9.17) is 62.7 Å². The Balaban J connectivity index is 0.000000345. The van der Waals surface area contributed by atoms with Gasteiger partial charge in [-0.2, -0.15) is 4.98 Å². The fourth-order valence-electron chi connectivity index (χ4n) is 4.00. The van der Waals surface area contributed by atoms with Crippen molar-refractivity contribution in [2.75, 3.05) is 20.2 Å². The maximum absolute atomic E-state index is 10.9. The zero-order chi connectivity index (χ0) is 32.6. The van der Waals surface area contributed by atoms with Gasteiger partial charge in [-0.05, 0) is 58.0 Å². The lowest BCUT2D eigenvalue weighted by atomic mass is 9.82. The molecule has 4 atom stereocenters. The number of benzene rings is 1. The quantitative estimate of drug-likeness (QED) is 0.139. The molecule has 1 fully saturated rings. The Morgan fingerprint density at radius 3 is 2.34 bits per heavy atom. The average molecular weight is 660 g/mol. The van der Waals surface area contributed by atoms with Crippen molar-refractivity contribution in [3.63, 3.8) is 0 Å². The van der Waals surface area contributed by atoms with Crippen LogP contribution in [-0.4, -0.2) is 109 Å². The zero-order valence-corrected chi connectivity index (χ0v) is 25.7. The number of ether oxygens (including phenoxy) is 2. The molecule has 1 aromatic carbocycles. The number of aliphatic carboxylic acids is 1. The molecule has 0 saturated heterocycles. The molecule has 14 nitrogen and oxygen atoms in total. The number of hydrogen-bond acceptors (Lipinski definition) is 13. The van der Waals surface area contributed by atoms with E-state index in [1.54, 1.807) is 37.5 Å². The normalized spacial score (nSPS) is 18.8. The molecule has 44 heavy (non-hydrogen) atoms. The van der Waals surface area contributed by atoms with Crippen LogP contribution in [-0.2, 0) is 4.79 Å². The van der Waals surface area contributed by atoms with E-state index in [0.717, 1.165) is 0 Å². The maximum Gasteiger partial charge on any atom is 0.306 e. The molecule has 2 aromatic heterocycles. The molecule has 2 heterocycles. The molecule has 1 aliphatic rings. The highest BCUT2D eigenvalue weighted by atomic mass is 35.5. The summed E-state index contributed by atoms with van der Waals surface area (Å²) in [4.78, 5) is 19.5. The number of halogens is 2. The summed E-state index contributed by atoms with van der Waals surface area (Å²) in [5.41, 5.74) is 1.12. The van der Waals surface area contributed by atoms with Gasteiger partial charge in [0, 0.05) is 18.3 Å².